The SMILES string of the molecule is CC(CO)CN1CCCc2c([nH]c3ccccc23)C1. The predicted octanol–water partition coefficient (Wildman–Crippen LogP) is 2.54. The molecule has 102 valence electrons. The normalized spacial score (nSPS) is 18.2. The molecule has 1 aliphatic rings. The number of aromatic nitrogens is 1. The van der Waals surface area contributed by atoms with E-state index in [-0.39, 0.29) is 6.61 Å². The van der Waals surface area contributed by atoms with Crippen molar-refractivity contribution in [2.75, 3.05) is 19.7 Å². The lowest BCUT2D eigenvalue weighted by Crippen LogP contribution is -2.29. The van der Waals surface area contributed by atoms with Crippen molar-refractivity contribution >= 4 is 10.9 Å². The molecule has 0 saturated heterocycles. The molecule has 3 nitrogen and oxygen atoms in total. The smallest absolute Gasteiger partial charge is 0.0468 e. The minimum Gasteiger partial charge on any atom is -0.396 e. The third kappa shape index (κ3) is 2.53. The number of rotatable bonds is 3. The Morgan fingerprint density at radius 2 is 2.21 bits per heavy atom. The highest BCUT2D eigenvalue weighted by molar-refractivity contribution is 5.84. The van der Waals surface area contributed by atoms with Crippen molar-refractivity contribution in [3.8, 4) is 0 Å². The van der Waals surface area contributed by atoms with Crippen molar-refractivity contribution in [1.82, 2.24) is 9.88 Å². The first kappa shape index (κ1) is 12.7. The molecule has 1 aliphatic heterocycles. The maximum Gasteiger partial charge on any atom is 0.0468 e. The van der Waals surface area contributed by atoms with Gasteiger partial charge >= 0.3 is 0 Å². The van der Waals surface area contributed by atoms with Gasteiger partial charge in [0.1, 0.15) is 0 Å². The van der Waals surface area contributed by atoms with Crippen LogP contribution in [0.3, 0.4) is 0 Å². The average molecular weight is 258 g/mol. The van der Waals surface area contributed by atoms with Gasteiger partial charge in [-0.25, -0.2) is 0 Å². The second kappa shape index (κ2) is 5.35. The first-order valence-electron chi connectivity index (χ1n) is 7.19. The van der Waals surface area contributed by atoms with E-state index in [0.29, 0.717) is 5.92 Å². The molecule has 0 amide bonds. The topological polar surface area (TPSA) is 39.3 Å². The third-order valence-electron chi connectivity index (χ3n) is 4.07. The van der Waals surface area contributed by atoms with Gasteiger partial charge in [-0.3, -0.25) is 4.90 Å². The molecule has 3 heteroatoms. The summed E-state index contributed by atoms with van der Waals surface area (Å²) in [5.41, 5.74) is 4.11. The zero-order chi connectivity index (χ0) is 13.2. The van der Waals surface area contributed by atoms with Gasteiger partial charge in [0.25, 0.3) is 0 Å². The number of H-pyrrole nitrogens is 1. The molecule has 0 saturated carbocycles. The Kier molecular flexibility index (Phi) is 3.58. The molecule has 1 aromatic heterocycles. The van der Waals surface area contributed by atoms with E-state index in [1.807, 2.05) is 0 Å². The molecule has 3 rings (SSSR count). The Balaban J connectivity index is 1.88. The van der Waals surface area contributed by atoms with Gasteiger partial charge in [0.05, 0.1) is 0 Å². The van der Waals surface area contributed by atoms with Gasteiger partial charge in [0, 0.05) is 36.3 Å². The van der Waals surface area contributed by atoms with Gasteiger partial charge in [-0.05, 0) is 36.9 Å². The van der Waals surface area contributed by atoms with E-state index in [0.717, 1.165) is 26.1 Å². The van der Waals surface area contributed by atoms with Gasteiger partial charge in [0.15, 0.2) is 0 Å². The van der Waals surface area contributed by atoms with Crippen LogP contribution >= 0.6 is 0 Å². The highest BCUT2D eigenvalue weighted by Crippen LogP contribution is 2.27. The van der Waals surface area contributed by atoms with Crippen LogP contribution in [0.15, 0.2) is 24.3 Å². The third-order valence-corrected chi connectivity index (χ3v) is 4.07. The van der Waals surface area contributed by atoms with Gasteiger partial charge in [0.2, 0.25) is 0 Å². The maximum atomic E-state index is 9.21. The van der Waals surface area contributed by atoms with Crippen LogP contribution in [-0.4, -0.2) is 34.7 Å². The summed E-state index contributed by atoms with van der Waals surface area (Å²) in [6.07, 6.45) is 2.36. The average Bonchev–Trinajstić information content (AvgIpc) is 2.64. The van der Waals surface area contributed by atoms with Crippen molar-refractivity contribution in [3.05, 3.63) is 35.5 Å². The van der Waals surface area contributed by atoms with E-state index in [1.54, 1.807) is 0 Å². The number of benzene rings is 1. The van der Waals surface area contributed by atoms with Crippen LogP contribution in [0.25, 0.3) is 10.9 Å². The summed E-state index contributed by atoms with van der Waals surface area (Å²) in [6.45, 7) is 5.47. The molecule has 0 radical (unpaired) electrons. The number of aryl methyl sites for hydroxylation is 1. The Morgan fingerprint density at radius 1 is 1.37 bits per heavy atom. The number of aromatic amines is 1. The molecule has 19 heavy (non-hydrogen) atoms. The number of nitrogens with zero attached hydrogens (tertiary/aromatic N) is 1. The lowest BCUT2D eigenvalue weighted by molar-refractivity contribution is 0.169. The van der Waals surface area contributed by atoms with E-state index >= 15 is 0 Å². The fraction of sp³-hybridized carbons (Fsp3) is 0.500. The standard InChI is InChI=1S/C16H22N2O/c1-12(11-19)9-18-8-4-6-14-13-5-2-3-7-15(13)17-16(14)10-18/h2-3,5,7,12,17,19H,4,6,8-11H2,1H3. The largest absolute Gasteiger partial charge is 0.396 e. The minimum absolute atomic E-state index is 0.274. The Labute approximate surface area is 114 Å². The first-order valence-corrected chi connectivity index (χ1v) is 7.19. The zero-order valence-electron chi connectivity index (χ0n) is 11.5. The summed E-state index contributed by atoms with van der Waals surface area (Å²) >= 11 is 0. The highest BCUT2D eigenvalue weighted by Gasteiger charge is 2.19. The van der Waals surface area contributed by atoms with Gasteiger partial charge in [-0.15, -0.1) is 0 Å². The van der Waals surface area contributed by atoms with Crippen LogP contribution in [-0.2, 0) is 13.0 Å². The summed E-state index contributed by atoms with van der Waals surface area (Å²) in [4.78, 5) is 6.03. The minimum atomic E-state index is 0.274. The number of hydrogen-bond donors (Lipinski definition) is 2. The molecular weight excluding hydrogens is 236 g/mol. The molecular formula is C16H22N2O. The maximum absolute atomic E-state index is 9.21. The number of para-hydroxylation sites is 1. The highest BCUT2D eigenvalue weighted by atomic mass is 16.3. The van der Waals surface area contributed by atoms with Crippen LogP contribution in [0.4, 0.5) is 0 Å². The van der Waals surface area contributed by atoms with Gasteiger partial charge in [-0.2, -0.15) is 0 Å². The van der Waals surface area contributed by atoms with Gasteiger partial charge < -0.3 is 10.1 Å². The Morgan fingerprint density at radius 3 is 3.05 bits per heavy atom. The summed E-state index contributed by atoms with van der Waals surface area (Å²) in [5, 5.41) is 10.6. The number of nitrogens with one attached hydrogen (secondary N) is 1. The van der Waals surface area contributed by atoms with Crippen molar-refractivity contribution in [2.24, 2.45) is 5.92 Å². The van der Waals surface area contributed by atoms with Crippen LogP contribution < -0.4 is 0 Å². The molecule has 2 heterocycles. The molecule has 2 N–H and O–H groups in total. The van der Waals surface area contributed by atoms with Crippen molar-refractivity contribution in [2.45, 2.75) is 26.3 Å². The molecule has 1 aromatic carbocycles. The molecule has 2 aromatic rings. The van der Waals surface area contributed by atoms with Crippen molar-refractivity contribution in [1.29, 1.82) is 0 Å². The quantitative estimate of drug-likeness (QED) is 0.888. The number of aliphatic hydroxyl groups excluding tert-OH is 1. The lowest BCUT2D eigenvalue weighted by Gasteiger charge is -2.22. The molecule has 0 aliphatic carbocycles. The summed E-state index contributed by atoms with van der Waals surface area (Å²) in [5.74, 6) is 0.353. The van der Waals surface area contributed by atoms with Gasteiger partial charge in [-0.1, -0.05) is 25.1 Å². The first-order chi connectivity index (χ1) is 9.28. The molecule has 0 fully saturated rings. The summed E-state index contributed by atoms with van der Waals surface area (Å²) in [7, 11) is 0. The number of aliphatic hydroxyl groups is 1. The second-order valence-electron chi connectivity index (χ2n) is 5.75. The van der Waals surface area contributed by atoms with E-state index in [4.69, 9.17) is 0 Å². The van der Waals surface area contributed by atoms with E-state index in [1.165, 1.54) is 28.6 Å². The van der Waals surface area contributed by atoms with E-state index in [2.05, 4.69) is 41.1 Å². The van der Waals surface area contributed by atoms with Crippen LogP contribution in [0.5, 0.6) is 0 Å². The monoisotopic (exact) mass is 258 g/mol. The number of hydrogen-bond acceptors (Lipinski definition) is 2. The Hall–Kier alpha value is -1.32. The molecule has 0 spiro atoms. The predicted molar refractivity (Wildman–Crippen MR) is 78.1 cm³/mol. The van der Waals surface area contributed by atoms with E-state index < -0.39 is 0 Å². The second-order valence-corrected chi connectivity index (χ2v) is 5.75. The molecule has 0 bridgehead atoms. The molecule has 1 unspecified atom stereocenters. The van der Waals surface area contributed by atoms with Crippen LogP contribution in [0, 0.1) is 5.92 Å². The fourth-order valence-corrected chi connectivity index (χ4v) is 3.11. The summed E-state index contributed by atoms with van der Waals surface area (Å²) < 4.78 is 0. The fourth-order valence-electron chi connectivity index (χ4n) is 3.11. The van der Waals surface area contributed by atoms with E-state index in [9.17, 15) is 5.11 Å². The van der Waals surface area contributed by atoms with Crippen molar-refractivity contribution in [3.63, 3.8) is 0 Å². The summed E-state index contributed by atoms with van der Waals surface area (Å²) in [6, 6.07) is 8.58. The lowest BCUT2D eigenvalue weighted by atomic mass is 10.1. The zero-order valence-corrected chi connectivity index (χ0v) is 11.5. The van der Waals surface area contributed by atoms with Crippen LogP contribution in [0.2, 0.25) is 0 Å². The van der Waals surface area contributed by atoms with Crippen LogP contribution in [0.1, 0.15) is 24.6 Å². The number of fused-ring (bicyclic) bond motifs is 3. The molecule has 1 atom stereocenters. The Bertz CT molecular complexity index is 561. The van der Waals surface area contributed by atoms with Crippen molar-refractivity contribution < 1.29 is 5.11 Å².